The normalized spacial score (nSPS) is 20.8. The van der Waals surface area contributed by atoms with Crippen LogP contribution in [0.5, 0.6) is 0 Å². The average Bonchev–Trinajstić information content (AvgIpc) is 3.48. The number of likely N-dealkylation sites (tertiary alicyclic amines) is 1. The molecule has 1 aromatic carbocycles. The smallest absolute Gasteiger partial charge is 0.254 e. The van der Waals surface area contributed by atoms with E-state index < -0.39 is 10.0 Å². The van der Waals surface area contributed by atoms with Gasteiger partial charge in [-0.05, 0) is 67.0 Å². The number of amides is 1. The summed E-state index contributed by atoms with van der Waals surface area (Å²) < 4.78 is 26.3. The lowest BCUT2D eigenvalue weighted by atomic mass is 9.76. The molecular weight excluding hydrogens is 546 g/mol. The van der Waals surface area contributed by atoms with Crippen LogP contribution in [0.4, 0.5) is 0 Å². The number of imidazole rings is 1. The molecule has 1 amide bonds. The summed E-state index contributed by atoms with van der Waals surface area (Å²) in [5.41, 5.74) is 5.42. The summed E-state index contributed by atoms with van der Waals surface area (Å²) in [6, 6.07) is 9.71. The quantitative estimate of drug-likeness (QED) is 0.458. The molecule has 10 heteroatoms. The van der Waals surface area contributed by atoms with Gasteiger partial charge in [-0.2, -0.15) is 4.31 Å². The minimum atomic E-state index is -3.46. The van der Waals surface area contributed by atoms with E-state index in [-0.39, 0.29) is 17.7 Å². The van der Waals surface area contributed by atoms with Crippen molar-refractivity contribution in [1.82, 2.24) is 24.2 Å². The molecule has 1 aliphatic carbocycles. The molecule has 1 unspecified atom stereocenters. The minimum Gasteiger partial charge on any atom is -0.348 e. The van der Waals surface area contributed by atoms with Crippen LogP contribution in [0.15, 0.2) is 61.0 Å². The van der Waals surface area contributed by atoms with E-state index in [0.717, 1.165) is 46.3 Å². The van der Waals surface area contributed by atoms with Crippen molar-refractivity contribution in [3.63, 3.8) is 0 Å². The zero-order chi connectivity index (χ0) is 27.9. The number of nitrogens with zero attached hydrogens (tertiary/aromatic N) is 4. The number of carbonyl (C=O) groups is 1. The van der Waals surface area contributed by atoms with Crippen LogP contribution in [-0.4, -0.2) is 64.7 Å². The minimum absolute atomic E-state index is 0.00391. The number of fused-ring (bicyclic) bond motifs is 2. The van der Waals surface area contributed by atoms with E-state index in [0.29, 0.717) is 55.5 Å². The fraction of sp³-hybridized carbons (Fsp3) is 0.367. The Hall–Kier alpha value is -3.27. The van der Waals surface area contributed by atoms with Crippen molar-refractivity contribution < 1.29 is 13.2 Å². The largest absolute Gasteiger partial charge is 0.348 e. The first-order valence-corrected chi connectivity index (χ1v) is 15.6. The van der Waals surface area contributed by atoms with Crippen molar-refractivity contribution in [3.8, 4) is 0 Å². The van der Waals surface area contributed by atoms with Gasteiger partial charge in [0.15, 0.2) is 0 Å². The van der Waals surface area contributed by atoms with Crippen LogP contribution in [0.3, 0.4) is 0 Å². The average molecular weight is 578 g/mol. The first kappa shape index (κ1) is 26.9. The van der Waals surface area contributed by atoms with E-state index in [2.05, 4.69) is 16.5 Å². The van der Waals surface area contributed by atoms with Gasteiger partial charge >= 0.3 is 0 Å². The third-order valence-electron chi connectivity index (χ3n) is 8.62. The lowest BCUT2D eigenvalue weighted by Crippen LogP contribution is -2.39. The monoisotopic (exact) mass is 577 g/mol. The molecule has 2 fully saturated rings. The van der Waals surface area contributed by atoms with Crippen molar-refractivity contribution in [2.45, 2.75) is 37.5 Å². The summed E-state index contributed by atoms with van der Waals surface area (Å²) >= 11 is 6.47. The number of hydrogen-bond donors (Lipinski definition) is 1. The number of hydrogen-bond acceptors (Lipinski definition) is 5. The maximum atomic E-state index is 14.1. The van der Waals surface area contributed by atoms with E-state index in [1.807, 2.05) is 47.5 Å². The lowest BCUT2D eigenvalue weighted by molar-refractivity contribution is -0.126. The fourth-order valence-electron chi connectivity index (χ4n) is 6.50. The number of H-pyrrole nitrogens is 1. The lowest BCUT2D eigenvalue weighted by Gasteiger charge is -2.36. The van der Waals surface area contributed by atoms with Crippen molar-refractivity contribution in [2.24, 2.45) is 5.92 Å². The molecular formula is C30H32ClN5O3S. The maximum Gasteiger partial charge on any atom is 0.254 e. The summed E-state index contributed by atoms with van der Waals surface area (Å²) in [7, 11) is -3.46. The van der Waals surface area contributed by atoms with Crippen LogP contribution < -0.4 is 0 Å². The summed E-state index contributed by atoms with van der Waals surface area (Å²) in [5, 5.41) is 1.62. The zero-order valence-electron chi connectivity index (χ0n) is 22.2. The zero-order valence-corrected chi connectivity index (χ0v) is 23.7. The Morgan fingerprint density at radius 1 is 1.10 bits per heavy atom. The van der Waals surface area contributed by atoms with Gasteiger partial charge in [-0.1, -0.05) is 30.3 Å². The van der Waals surface area contributed by atoms with Crippen LogP contribution in [0.2, 0.25) is 5.02 Å². The van der Waals surface area contributed by atoms with E-state index in [4.69, 9.17) is 16.6 Å². The second-order valence-electron chi connectivity index (χ2n) is 10.8. The molecule has 2 aliphatic heterocycles. The van der Waals surface area contributed by atoms with Gasteiger partial charge in [-0.25, -0.2) is 13.4 Å². The molecule has 8 nitrogen and oxygen atoms in total. The van der Waals surface area contributed by atoms with E-state index in [1.54, 1.807) is 12.5 Å². The third-order valence-corrected chi connectivity index (χ3v) is 10.4. The second-order valence-corrected chi connectivity index (χ2v) is 13.1. The van der Waals surface area contributed by atoms with Crippen LogP contribution in [-0.2, 0) is 14.8 Å². The van der Waals surface area contributed by atoms with Gasteiger partial charge in [0.2, 0.25) is 10.0 Å². The molecule has 1 N–H and O–H groups in total. The van der Waals surface area contributed by atoms with Crippen molar-refractivity contribution >= 4 is 39.2 Å². The van der Waals surface area contributed by atoms with Crippen LogP contribution in [0.25, 0.3) is 11.6 Å². The van der Waals surface area contributed by atoms with Crippen LogP contribution >= 0.6 is 11.6 Å². The first-order valence-electron chi connectivity index (χ1n) is 13.7. The summed E-state index contributed by atoms with van der Waals surface area (Å²) in [6.07, 6.45) is 10.4. The number of aromatic nitrogens is 3. The molecule has 3 aromatic rings. The highest BCUT2D eigenvalue weighted by atomic mass is 35.5. The van der Waals surface area contributed by atoms with Crippen molar-refractivity contribution in [2.75, 3.05) is 26.2 Å². The SMILES string of the molecule is C=CS(=O)(=O)N1CCC(C2c3ccc(Cl)cc3C=C(C(=O)N3CCC(c4cnc[nH]4)CC3)c3cccnc32)CC1. The number of nitrogens with one attached hydrogen (secondary N) is 1. The molecule has 208 valence electrons. The van der Waals surface area contributed by atoms with Gasteiger partial charge < -0.3 is 9.88 Å². The summed E-state index contributed by atoms with van der Waals surface area (Å²) in [4.78, 5) is 28.3. The number of rotatable bonds is 5. The molecule has 1 atom stereocenters. The number of carbonyl (C=O) groups excluding carboxylic acids is 1. The molecule has 0 spiro atoms. The Morgan fingerprint density at radius 2 is 1.88 bits per heavy atom. The first-order chi connectivity index (χ1) is 19.4. The van der Waals surface area contributed by atoms with E-state index >= 15 is 0 Å². The Balaban J connectivity index is 1.34. The number of benzene rings is 1. The second kappa shape index (κ2) is 11.0. The third kappa shape index (κ3) is 5.02. The molecule has 6 rings (SSSR count). The van der Waals surface area contributed by atoms with Crippen molar-refractivity contribution in [3.05, 3.63) is 94.1 Å². The topological polar surface area (TPSA) is 99.3 Å². The predicted molar refractivity (Wildman–Crippen MR) is 156 cm³/mol. The number of sulfonamides is 1. The molecule has 0 bridgehead atoms. The van der Waals surface area contributed by atoms with Crippen LogP contribution in [0.1, 0.15) is 65.6 Å². The van der Waals surface area contributed by atoms with Gasteiger partial charge in [0.25, 0.3) is 5.91 Å². The molecule has 2 saturated heterocycles. The molecule has 4 heterocycles. The number of piperidine rings is 2. The Kier molecular flexibility index (Phi) is 7.37. The summed E-state index contributed by atoms with van der Waals surface area (Å²) in [6.45, 7) is 5.65. The highest BCUT2D eigenvalue weighted by Crippen LogP contribution is 2.45. The highest BCUT2D eigenvalue weighted by molar-refractivity contribution is 7.92. The Labute approximate surface area is 239 Å². The molecule has 0 saturated carbocycles. The Morgan fingerprint density at radius 3 is 2.58 bits per heavy atom. The molecule has 40 heavy (non-hydrogen) atoms. The standard InChI is InChI=1S/C30H32ClN5O3S/c1-2-40(38,39)36-14-9-21(10-15-36)28-24-6-5-23(31)16-22(24)17-26(25-4-3-11-33-29(25)28)30(37)35-12-7-20(8-13-35)27-18-32-19-34-27/h2-6,11,16-21,28H,1,7-10,12-15H2,(H,32,34). The van der Waals surface area contributed by atoms with Gasteiger partial charge in [0.1, 0.15) is 0 Å². The predicted octanol–water partition coefficient (Wildman–Crippen LogP) is 5.04. The van der Waals surface area contributed by atoms with Gasteiger partial charge in [-0.15, -0.1) is 0 Å². The maximum absolute atomic E-state index is 14.1. The Bertz CT molecular complexity index is 1550. The van der Waals surface area contributed by atoms with Gasteiger partial charge in [0, 0.05) is 77.7 Å². The molecule has 2 aromatic heterocycles. The fourth-order valence-corrected chi connectivity index (χ4v) is 7.62. The van der Waals surface area contributed by atoms with E-state index in [9.17, 15) is 13.2 Å². The van der Waals surface area contributed by atoms with E-state index in [1.165, 1.54) is 4.31 Å². The van der Waals surface area contributed by atoms with Gasteiger partial charge in [-0.3, -0.25) is 9.78 Å². The highest BCUT2D eigenvalue weighted by Gasteiger charge is 2.38. The number of aromatic amines is 1. The molecule has 0 radical (unpaired) electrons. The summed E-state index contributed by atoms with van der Waals surface area (Å²) in [5.74, 6) is 0.418. The van der Waals surface area contributed by atoms with Crippen LogP contribution in [0, 0.1) is 5.92 Å². The molecule has 3 aliphatic rings. The number of pyridine rings is 1. The van der Waals surface area contributed by atoms with Crippen molar-refractivity contribution in [1.29, 1.82) is 0 Å². The van der Waals surface area contributed by atoms with Gasteiger partial charge in [0.05, 0.1) is 12.0 Å². The number of halogens is 1.